The van der Waals surface area contributed by atoms with Gasteiger partial charge in [-0.2, -0.15) is 0 Å². The first-order chi connectivity index (χ1) is 12.3. The minimum absolute atomic E-state index is 0.0391. The van der Waals surface area contributed by atoms with E-state index in [2.05, 4.69) is 10.6 Å². The van der Waals surface area contributed by atoms with Crippen LogP contribution in [0.3, 0.4) is 0 Å². The summed E-state index contributed by atoms with van der Waals surface area (Å²) in [6, 6.07) is 4.51. The number of carbonyl (C=O) groups is 3. The molecule has 1 aliphatic carbocycles. The van der Waals surface area contributed by atoms with Gasteiger partial charge in [-0.1, -0.05) is 0 Å². The van der Waals surface area contributed by atoms with Crippen LogP contribution in [0.15, 0.2) is 18.2 Å². The van der Waals surface area contributed by atoms with Gasteiger partial charge < -0.3 is 25.4 Å². The molecule has 0 aliphatic heterocycles. The van der Waals surface area contributed by atoms with Crippen molar-refractivity contribution in [2.45, 2.75) is 31.7 Å². The molecule has 0 spiro atoms. The summed E-state index contributed by atoms with van der Waals surface area (Å²) in [5.41, 5.74) is 1.64. The highest BCUT2D eigenvalue weighted by Gasteiger charge is 2.26. The van der Waals surface area contributed by atoms with Gasteiger partial charge in [-0.3, -0.25) is 4.79 Å². The first kappa shape index (κ1) is 19.6. The highest BCUT2D eigenvalue weighted by Crippen LogP contribution is 2.27. The lowest BCUT2D eigenvalue weighted by atomic mass is 9.86. The minimum Gasteiger partial charge on any atom is -0.481 e. The van der Waals surface area contributed by atoms with Crippen LogP contribution in [-0.4, -0.2) is 50.3 Å². The van der Waals surface area contributed by atoms with E-state index in [1.54, 1.807) is 23.1 Å². The summed E-state index contributed by atoms with van der Waals surface area (Å²) in [4.78, 5) is 36.8. The Morgan fingerprint density at radius 3 is 2.35 bits per heavy atom. The van der Waals surface area contributed by atoms with E-state index in [1.165, 1.54) is 7.11 Å². The van der Waals surface area contributed by atoms with Gasteiger partial charge >= 0.3 is 18.0 Å². The van der Waals surface area contributed by atoms with Gasteiger partial charge in [-0.25, -0.2) is 9.59 Å². The van der Waals surface area contributed by atoms with Crippen molar-refractivity contribution in [3.8, 4) is 0 Å². The second kappa shape index (κ2) is 8.55. The van der Waals surface area contributed by atoms with Crippen LogP contribution in [0.2, 0.25) is 0 Å². The van der Waals surface area contributed by atoms with E-state index in [1.807, 2.05) is 14.1 Å². The molecule has 0 bridgehead atoms. The molecule has 0 atom stereocenters. The van der Waals surface area contributed by atoms with Gasteiger partial charge in [0.05, 0.1) is 30.0 Å². The quantitative estimate of drug-likeness (QED) is 0.693. The van der Waals surface area contributed by atoms with Gasteiger partial charge in [-0.05, 0) is 43.9 Å². The molecule has 8 heteroatoms. The second-order valence-electron chi connectivity index (χ2n) is 6.60. The van der Waals surface area contributed by atoms with Crippen LogP contribution in [0.4, 0.5) is 16.2 Å². The zero-order chi connectivity index (χ0) is 19.3. The predicted molar refractivity (Wildman–Crippen MR) is 97.6 cm³/mol. The number of carboxylic acid groups (broad SMARTS) is 1. The Hall–Kier alpha value is -2.77. The van der Waals surface area contributed by atoms with Gasteiger partial charge in [0.15, 0.2) is 0 Å². The van der Waals surface area contributed by atoms with E-state index in [0.29, 0.717) is 42.6 Å². The molecule has 26 heavy (non-hydrogen) atoms. The minimum atomic E-state index is -0.769. The molecule has 0 saturated heterocycles. The number of nitrogens with one attached hydrogen (secondary N) is 2. The van der Waals surface area contributed by atoms with Gasteiger partial charge in [-0.15, -0.1) is 0 Å². The van der Waals surface area contributed by atoms with Crippen molar-refractivity contribution in [2.75, 3.05) is 31.4 Å². The molecule has 0 heterocycles. The summed E-state index contributed by atoms with van der Waals surface area (Å²) in [6.07, 6.45) is 2.42. The lowest BCUT2D eigenvalue weighted by Crippen LogP contribution is -2.41. The van der Waals surface area contributed by atoms with Crippen molar-refractivity contribution in [1.29, 1.82) is 0 Å². The zero-order valence-corrected chi connectivity index (χ0v) is 15.2. The number of benzene rings is 1. The maximum atomic E-state index is 12.3. The fourth-order valence-corrected chi connectivity index (χ4v) is 3.08. The largest absolute Gasteiger partial charge is 0.481 e. The van der Waals surface area contributed by atoms with Crippen LogP contribution in [-0.2, 0) is 9.53 Å². The maximum absolute atomic E-state index is 12.3. The fourth-order valence-electron chi connectivity index (χ4n) is 3.08. The molecule has 1 aromatic rings. The summed E-state index contributed by atoms with van der Waals surface area (Å²) in [5, 5.41) is 14.7. The number of carbonyl (C=O) groups excluding carboxylic acids is 2. The number of methoxy groups -OCH3 is 1. The Bertz CT molecular complexity index is 681. The van der Waals surface area contributed by atoms with Crippen molar-refractivity contribution < 1.29 is 24.2 Å². The van der Waals surface area contributed by atoms with E-state index in [-0.39, 0.29) is 18.0 Å². The van der Waals surface area contributed by atoms with Crippen molar-refractivity contribution in [1.82, 2.24) is 5.32 Å². The Labute approximate surface area is 152 Å². The van der Waals surface area contributed by atoms with Gasteiger partial charge in [0.25, 0.3) is 0 Å². The third-order valence-corrected chi connectivity index (χ3v) is 4.56. The first-order valence-electron chi connectivity index (χ1n) is 8.51. The van der Waals surface area contributed by atoms with E-state index >= 15 is 0 Å². The predicted octanol–water partition coefficient (Wildman–Crippen LogP) is 2.30. The second-order valence-corrected chi connectivity index (χ2v) is 6.60. The first-order valence-corrected chi connectivity index (χ1v) is 8.51. The molecule has 2 amide bonds. The van der Waals surface area contributed by atoms with Gasteiger partial charge in [0, 0.05) is 20.1 Å². The summed E-state index contributed by atoms with van der Waals surface area (Å²) < 4.78 is 4.72. The molecule has 0 unspecified atom stereocenters. The molecular formula is C18H25N3O5. The van der Waals surface area contributed by atoms with Crippen LogP contribution < -0.4 is 15.5 Å². The zero-order valence-electron chi connectivity index (χ0n) is 15.2. The summed E-state index contributed by atoms with van der Waals surface area (Å²) in [5.74, 6) is -1.53. The highest BCUT2D eigenvalue weighted by atomic mass is 16.5. The average Bonchev–Trinajstić information content (AvgIpc) is 2.61. The van der Waals surface area contributed by atoms with E-state index < -0.39 is 11.9 Å². The number of nitrogens with zero attached hydrogens (tertiary/aromatic N) is 1. The van der Waals surface area contributed by atoms with E-state index in [0.717, 1.165) is 0 Å². The number of amides is 2. The SMILES string of the molecule is COC(=O)c1ccc(NC(=O)NC2CCC(C(=O)O)CC2)c(N(C)C)c1. The number of aliphatic carboxylic acids is 1. The highest BCUT2D eigenvalue weighted by molar-refractivity contribution is 5.97. The van der Waals surface area contributed by atoms with Crippen LogP contribution in [0.5, 0.6) is 0 Å². The fraction of sp³-hybridized carbons (Fsp3) is 0.500. The molecule has 8 nitrogen and oxygen atoms in total. The molecular weight excluding hydrogens is 338 g/mol. The number of ether oxygens (including phenoxy) is 1. The summed E-state index contributed by atoms with van der Waals surface area (Å²) in [6.45, 7) is 0. The van der Waals surface area contributed by atoms with Crippen LogP contribution in [0, 0.1) is 5.92 Å². The van der Waals surface area contributed by atoms with Gasteiger partial charge in [0.2, 0.25) is 0 Å². The van der Waals surface area contributed by atoms with Crippen molar-refractivity contribution in [2.24, 2.45) is 5.92 Å². The lowest BCUT2D eigenvalue weighted by molar-refractivity contribution is -0.142. The molecule has 0 aromatic heterocycles. The number of carboxylic acids is 1. The Morgan fingerprint density at radius 1 is 1.15 bits per heavy atom. The topological polar surface area (TPSA) is 108 Å². The number of esters is 1. The average molecular weight is 363 g/mol. The Balaban J connectivity index is 2.00. The molecule has 1 aliphatic rings. The lowest BCUT2D eigenvalue weighted by Gasteiger charge is -2.27. The standard InChI is InChI=1S/C18H25N3O5/c1-21(2)15-10-12(17(24)26-3)6-9-14(15)20-18(25)19-13-7-4-11(5-8-13)16(22)23/h6,9-11,13H,4-5,7-8H2,1-3H3,(H,22,23)(H2,19,20,25). The number of urea groups is 1. The molecule has 3 N–H and O–H groups in total. The smallest absolute Gasteiger partial charge is 0.337 e. The molecule has 142 valence electrons. The van der Waals surface area contributed by atoms with Gasteiger partial charge in [0.1, 0.15) is 0 Å². The third kappa shape index (κ3) is 4.87. The van der Waals surface area contributed by atoms with Crippen LogP contribution in [0.1, 0.15) is 36.0 Å². The Kier molecular flexibility index (Phi) is 6.43. The third-order valence-electron chi connectivity index (χ3n) is 4.56. The summed E-state index contributed by atoms with van der Waals surface area (Å²) in [7, 11) is 4.94. The Morgan fingerprint density at radius 2 is 1.81 bits per heavy atom. The van der Waals surface area contributed by atoms with E-state index in [9.17, 15) is 14.4 Å². The molecule has 1 aromatic carbocycles. The van der Waals surface area contributed by atoms with Crippen LogP contribution in [0.25, 0.3) is 0 Å². The van der Waals surface area contributed by atoms with Crippen molar-refractivity contribution >= 4 is 29.3 Å². The number of rotatable bonds is 5. The van der Waals surface area contributed by atoms with Crippen molar-refractivity contribution in [3.63, 3.8) is 0 Å². The van der Waals surface area contributed by atoms with Crippen LogP contribution >= 0.6 is 0 Å². The monoisotopic (exact) mass is 363 g/mol. The molecule has 1 saturated carbocycles. The number of hydrogen-bond acceptors (Lipinski definition) is 5. The van der Waals surface area contributed by atoms with Crippen molar-refractivity contribution in [3.05, 3.63) is 23.8 Å². The number of anilines is 2. The maximum Gasteiger partial charge on any atom is 0.337 e. The molecule has 0 radical (unpaired) electrons. The molecule has 2 rings (SSSR count). The van der Waals surface area contributed by atoms with E-state index in [4.69, 9.17) is 9.84 Å². The normalized spacial score (nSPS) is 19.3. The number of hydrogen-bond donors (Lipinski definition) is 3. The summed E-state index contributed by atoms with van der Waals surface area (Å²) >= 11 is 0. The molecule has 1 fully saturated rings.